The highest BCUT2D eigenvalue weighted by Crippen LogP contribution is 2.43. The smallest absolute Gasteiger partial charge is 0.198 e. The summed E-state index contributed by atoms with van der Waals surface area (Å²) in [6.07, 6.45) is 0. The van der Waals surface area contributed by atoms with Gasteiger partial charge in [-0.1, -0.05) is 0 Å². The van der Waals surface area contributed by atoms with Crippen molar-refractivity contribution in [3.63, 3.8) is 0 Å². The first-order valence-electron chi connectivity index (χ1n) is 9.24. The minimum atomic E-state index is -3.30. The number of benzene rings is 4. The predicted molar refractivity (Wildman–Crippen MR) is 94.8 cm³/mol. The summed E-state index contributed by atoms with van der Waals surface area (Å²) < 4.78 is 199. The lowest BCUT2D eigenvalue weighted by atomic mass is 9.87. The van der Waals surface area contributed by atoms with Crippen LogP contribution in [0.1, 0.15) is 17.0 Å². The number of fused-ring (bicyclic) bond motifs is 2. The van der Waals surface area contributed by atoms with Crippen molar-refractivity contribution < 1.29 is 61.5 Å². The van der Waals surface area contributed by atoms with Gasteiger partial charge in [-0.2, -0.15) is 5.26 Å². The summed E-state index contributed by atoms with van der Waals surface area (Å²) in [7, 11) is 0. The van der Waals surface area contributed by atoms with Crippen molar-refractivity contribution in [1.29, 1.82) is 5.26 Å². The van der Waals surface area contributed by atoms with Crippen LogP contribution in [-0.2, 0) is 0 Å². The van der Waals surface area contributed by atoms with Gasteiger partial charge >= 0.3 is 0 Å². The van der Waals surface area contributed by atoms with Crippen molar-refractivity contribution >= 4 is 21.5 Å². The van der Waals surface area contributed by atoms with E-state index >= 15 is 8.78 Å². The predicted octanol–water partition coefficient (Wildman–Crippen LogP) is 7.60. The van der Waals surface area contributed by atoms with E-state index in [-0.39, 0.29) is 0 Å². The molecule has 15 heteroatoms. The van der Waals surface area contributed by atoms with Gasteiger partial charge in [-0.15, -0.1) is 0 Å². The van der Waals surface area contributed by atoms with Crippen LogP contribution in [0.3, 0.4) is 0 Å². The van der Waals surface area contributed by atoms with E-state index in [0.717, 1.165) is 6.07 Å². The van der Waals surface area contributed by atoms with Gasteiger partial charge in [-0.05, 0) is 0 Å². The van der Waals surface area contributed by atoms with Crippen molar-refractivity contribution in [3.05, 3.63) is 92.6 Å². The van der Waals surface area contributed by atoms with Crippen molar-refractivity contribution in [2.75, 3.05) is 0 Å². The maximum Gasteiger partial charge on any atom is 0.198 e. The topological polar surface area (TPSA) is 23.8 Å². The van der Waals surface area contributed by atoms with Crippen LogP contribution in [-0.4, -0.2) is 0 Å². The van der Waals surface area contributed by atoms with E-state index in [4.69, 9.17) is 0 Å². The Kier molecular flexibility index (Phi) is 5.97. The van der Waals surface area contributed by atoms with Crippen molar-refractivity contribution in [1.82, 2.24) is 0 Å². The third kappa shape index (κ3) is 3.24. The summed E-state index contributed by atoms with van der Waals surface area (Å²) >= 11 is 0. The van der Waals surface area contributed by atoms with Gasteiger partial charge in [-0.25, -0.2) is 61.5 Å². The molecular weight excluding hydrogens is 544 g/mol. The summed E-state index contributed by atoms with van der Waals surface area (Å²) in [6, 6.07) is 0.741. The molecule has 1 nitrogen and oxygen atoms in total. The van der Waals surface area contributed by atoms with E-state index in [1.807, 2.05) is 0 Å². The molecule has 0 aliphatic carbocycles. The summed E-state index contributed by atoms with van der Waals surface area (Å²) in [5.41, 5.74) is -4.48. The number of halogens is 14. The molecular formula is C22HF14N. The van der Waals surface area contributed by atoms with Crippen LogP contribution >= 0.6 is 0 Å². The Bertz CT molecular complexity index is 1620. The molecule has 0 aliphatic heterocycles. The van der Waals surface area contributed by atoms with Crippen LogP contribution in [0.15, 0.2) is 0 Å². The number of nitrogens with zero attached hydrogens (tertiary/aromatic N) is 1. The van der Waals surface area contributed by atoms with Gasteiger partial charge in [0, 0.05) is 11.1 Å². The van der Waals surface area contributed by atoms with Gasteiger partial charge in [0.2, 0.25) is 0 Å². The highest BCUT2D eigenvalue weighted by molar-refractivity contribution is 5.88. The van der Waals surface area contributed by atoms with Gasteiger partial charge in [0.15, 0.2) is 69.8 Å². The molecule has 0 aliphatic rings. The lowest BCUT2D eigenvalue weighted by Gasteiger charge is -2.19. The largest absolute Gasteiger partial charge is 0.206 e. The maximum atomic E-state index is 15.1. The molecule has 0 unspecified atom stereocenters. The first-order valence-corrected chi connectivity index (χ1v) is 9.24. The van der Waals surface area contributed by atoms with Crippen molar-refractivity contribution in [2.45, 2.75) is 5.92 Å². The summed E-state index contributed by atoms with van der Waals surface area (Å²) in [5, 5.41) is 0.644. The van der Waals surface area contributed by atoms with Crippen molar-refractivity contribution in [2.24, 2.45) is 0 Å². The molecule has 0 spiro atoms. The number of hydrogen-bond acceptors (Lipinski definition) is 1. The molecule has 0 N–H and O–H groups in total. The van der Waals surface area contributed by atoms with Crippen LogP contribution in [0.5, 0.6) is 0 Å². The minimum absolute atomic E-state index is 0.741. The Balaban J connectivity index is 2.22. The second-order valence-electron chi connectivity index (χ2n) is 7.29. The SMILES string of the molecule is N#CC(c1c(F)c(F)c2c(F)c(F)c(F)c(F)c2c1F)c1c(F)c(F)c2c(F)c(F)c(F)c(F)c2c1F. The first-order chi connectivity index (χ1) is 17.2. The molecule has 0 radical (unpaired) electrons. The number of nitriles is 1. The quantitative estimate of drug-likeness (QED) is 0.145. The molecule has 37 heavy (non-hydrogen) atoms. The zero-order valence-electron chi connectivity index (χ0n) is 16.8. The van der Waals surface area contributed by atoms with Gasteiger partial charge in [-0.3, -0.25) is 0 Å². The van der Waals surface area contributed by atoms with Gasteiger partial charge < -0.3 is 0 Å². The highest BCUT2D eigenvalue weighted by Gasteiger charge is 2.38. The molecule has 0 saturated carbocycles. The van der Waals surface area contributed by atoms with Crippen LogP contribution in [0.4, 0.5) is 61.5 Å². The molecule has 4 aromatic rings. The number of rotatable bonds is 2. The second-order valence-corrected chi connectivity index (χ2v) is 7.29. The zero-order valence-corrected chi connectivity index (χ0v) is 16.8. The fourth-order valence-corrected chi connectivity index (χ4v) is 3.79. The normalized spacial score (nSPS) is 11.7. The van der Waals surface area contributed by atoms with Crippen LogP contribution < -0.4 is 0 Å². The summed E-state index contributed by atoms with van der Waals surface area (Å²) in [4.78, 5) is 0. The average Bonchev–Trinajstić information content (AvgIpc) is 2.86. The van der Waals surface area contributed by atoms with E-state index in [1.165, 1.54) is 0 Å². The van der Waals surface area contributed by atoms with Crippen LogP contribution in [0, 0.1) is 92.8 Å². The molecule has 0 atom stereocenters. The second kappa shape index (κ2) is 8.49. The highest BCUT2D eigenvalue weighted by atomic mass is 19.2. The molecule has 0 amide bonds. The van der Waals surface area contributed by atoms with Crippen LogP contribution in [0.25, 0.3) is 21.5 Å². The van der Waals surface area contributed by atoms with E-state index in [1.54, 1.807) is 0 Å². The Morgan fingerprint density at radius 2 is 0.541 bits per heavy atom. The third-order valence-corrected chi connectivity index (χ3v) is 5.45. The monoisotopic (exact) mass is 545 g/mol. The Labute approximate surface area is 193 Å². The molecule has 0 aromatic heterocycles. The first kappa shape index (κ1) is 26.0. The molecule has 0 bridgehead atoms. The fourth-order valence-electron chi connectivity index (χ4n) is 3.79. The lowest BCUT2D eigenvalue weighted by Crippen LogP contribution is -2.15. The van der Waals surface area contributed by atoms with Gasteiger partial charge in [0.05, 0.1) is 27.6 Å². The minimum Gasteiger partial charge on any atom is -0.206 e. The van der Waals surface area contributed by atoms with E-state index in [9.17, 15) is 57.9 Å². The van der Waals surface area contributed by atoms with Gasteiger partial charge in [0.1, 0.15) is 17.6 Å². The Morgan fingerprint density at radius 3 is 0.784 bits per heavy atom. The standard InChI is InChI=1S/C22HF14N/c23-9-3(11(25)13(27)7-5(9)15(29)19(33)21(35)17(7)31)2(1-37)4-10(24)6-8(14(28)12(4)26)18(32)22(36)20(34)16(6)30/h2H. The van der Waals surface area contributed by atoms with E-state index < -0.39 is 120 Å². The zero-order chi connectivity index (χ0) is 27.8. The summed E-state index contributed by atoms with van der Waals surface area (Å²) in [5.74, 6) is -41.0. The lowest BCUT2D eigenvalue weighted by molar-refractivity contribution is 0.408. The third-order valence-electron chi connectivity index (χ3n) is 5.45. The Morgan fingerprint density at radius 1 is 0.324 bits per heavy atom. The molecule has 4 aromatic carbocycles. The molecule has 192 valence electrons. The molecule has 0 saturated heterocycles. The molecule has 0 heterocycles. The van der Waals surface area contributed by atoms with E-state index in [2.05, 4.69) is 0 Å². The van der Waals surface area contributed by atoms with E-state index in [0.29, 0.717) is 0 Å². The Hall–Kier alpha value is -4.09. The van der Waals surface area contributed by atoms with Crippen LogP contribution in [0.2, 0.25) is 0 Å². The summed E-state index contributed by atoms with van der Waals surface area (Å²) in [6.45, 7) is 0. The molecule has 0 fully saturated rings. The fraction of sp³-hybridized carbons (Fsp3) is 0.0455. The van der Waals surface area contributed by atoms with Gasteiger partial charge in [0.25, 0.3) is 0 Å². The molecule has 4 rings (SSSR count). The van der Waals surface area contributed by atoms with Crippen molar-refractivity contribution in [3.8, 4) is 6.07 Å². The number of hydrogen-bond donors (Lipinski definition) is 0. The average molecular weight is 545 g/mol. The maximum absolute atomic E-state index is 15.1.